The van der Waals surface area contributed by atoms with Crippen LogP contribution in [0, 0.1) is 17.2 Å². The van der Waals surface area contributed by atoms with E-state index in [4.69, 9.17) is 0 Å². The summed E-state index contributed by atoms with van der Waals surface area (Å²) in [5, 5.41) is 5.99. The number of hydrogen-bond donors (Lipinski definition) is 2. The Kier molecular flexibility index (Phi) is 4.13. The van der Waals surface area contributed by atoms with Gasteiger partial charge in [-0.2, -0.15) is 13.2 Å². The smallest absolute Gasteiger partial charge is 0.379 e. The fourth-order valence-electron chi connectivity index (χ4n) is 4.49. The molecule has 3 fully saturated rings. The van der Waals surface area contributed by atoms with Gasteiger partial charge in [-0.25, -0.2) is 4.39 Å². The van der Waals surface area contributed by atoms with Gasteiger partial charge in [-0.1, -0.05) is 6.92 Å². The average molecular weight is 393 g/mol. The molecule has 2 aromatic rings. The van der Waals surface area contributed by atoms with Crippen LogP contribution in [0.15, 0.2) is 42.6 Å². The predicted molar refractivity (Wildman–Crippen MR) is 96.1 cm³/mol. The van der Waals surface area contributed by atoms with Gasteiger partial charge in [0, 0.05) is 29.0 Å². The molecule has 28 heavy (non-hydrogen) atoms. The summed E-state index contributed by atoms with van der Waals surface area (Å²) in [6, 6.07) is 8.11. The van der Waals surface area contributed by atoms with Gasteiger partial charge >= 0.3 is 6.18 Å². The topological polar surface area (TPSA) is 54.0 Å². The number of halogens is 4. The highest BCUT2D eigenvalue weighted by Gasteiger charge is 2.70. The van der Waals surface area contributed by atoms with Crippen molar-refractivity contribution in [2.75, 3.05) is 10.6 Å². The Bertz CT molecular complexity index is 891. The van der Waals surface area contributed by atoms with Crippen molar-refractivity contribution < 1.29 is 22.4 Å². The molecule has 3 aliphatic rings. The van der Waals surface area contributed by atoms with Gasteiger partial charge in [0.2, 0.25) is 5.91 Å². The average Bonchev–Trinajstić information content (AvgIpc) is 2.58. The Labute approximate surface area is 159 Å². The molecule has 148 valence electrons. The minimum absolute atomic E-state index is 0.136. The fourth-order valence-corrected chi connectivity index (χ4v) is 4.49. The van der Waals surface area contributed by atoms with E-state index in [1.54, 1.807) is 0 Å². The van der Waals surface area contributed by atoms with Crippen molar-refractivity contribution in [3.05, 3.63) is 54.1 Å². The standard InChI is InChI=1S/C20H19F4N3O/c1-12(17(28)26-14-4-2-13(21)3-5-14)18-9-19(10-18,11-18)27-15-6-7-25-16(8-15)20(22,23)24/h2-8,12H,9-11H2,1H3,(H,25,27)(H,26,28). The zero-order valence-electron chi connectivity index (χ0n) is 15.1. The normalized spacial score (nSPS) is 26.6. The third-order valence-corrected chi connectivity index (χ3v) is 5.95. The summed E-state index contributed by atoms with van der Waals surface area (Å²) in [4.78, 5) is 15.9. The Morgan fingerprint density at radius 2 is 1.75 bits per heavy atom. The molecule has 1 unspecified atom stereocenters. The van der Waals surface area contributed by atoms with Crippen molar-refractivity contribution in [1.82, 2.24) is 4.98 Å². The van der Waals surface area contributed by atoms with Gasteiger partial charge in [0.1, 0.15) is 11.5 Å². The molecule has 4 nitrogen and oxygen atoms in total. The zero-order chi connectivity index (χ0) is 20.2. The summed E-state index contributed by atoms with van der Waals surface area (Å²) >= 11 is 0. The lowest BCUT2D eigenvalue weighted by molar-refractivity contribution is -0.166. The van der Waals surface area contributed by atoms with Crippen LogP contribution in [0.2, 0.25) is 0 Å². The van der Waals surface area contributed by atoms with E-state index < -0.39 is 11.9 Å². The lowest BCUT2D eigenvalue weighted by Crippen LogP contribution is -2.74. The number of hydrogen-bond acceptors (Lipinski definition) is 3. The Morgan fingerprint density at radius 1 is 1.11 bits per heavy atom. The highest BCUT2D eigenvalue weighted by atomic mass is 19.4. The second-order valence-corrected chi connectivity index (χ2v) is 7.94. The highest BCUT2D eigenvalue weighted by Crippen LogP contribution is 2.71. The SMILES string of the molecule is CC(C(=O)Nc1ccc(F)cc1)C12CC(Nc3ccnc(C(F)(F)F)c3)(C1)C2. The molecule has 5 rings (SSSR count). The summed E-state index contributed by atoms with van der Waals surface area (Å²) in [6.45, 7) is 1.86. The van der Waals surface area contributed by atoms with Crippen LogP contribution in [-0.4, -0.2) is 16.4 Å². The van der Waals surface area contributed by atoms with Crippen molar-refractivity contribution in [2.45, 2.75) is 37.9 Å². The van der Waals surface area contributed by atoms with E-state index in [0.29, 0.717) is 11.4 Å². The summed E-state index contributed by atoms with van der Waals surface area (Å²) in [5.74, 6) is -0.754. The van der Waals surface area contributed by atoms with Gasteiger partial charge in [-0.3, -0.25) is 9.78 Å². The van der Waals surface area contributed by atoms with Crippen molar-refractivity contribution in [2.24, 2.45) is 11.3 Å². The molecule has 3 saturated carbocycles. The first-order valence-corrected chi connectivity index (χ1v) is 8.99. The molecule has 1 amide bonds. The highest BCUT2D eigenvalue weighted by molar-refractivity contribution is 5.93. The summed E-state index contributed by atoms with van der Waals surface area (Å²) < 4.78 is 51.4. The first kappa shape index (κ1) is 18.7. The Morgan fingerprint density at radius 3 is 2.36 bits per heavy atom. The van der Waals surface area contributed by atoms with Gasteiger partial charge < -0.3 is 10.6 Å². The number of aromatic nitrogens is 1. The summed E-state index contributed by atoms with van der Waals surface area (Å²) in [7, 11) is 0. The molecule has 2 N–H and O–H groups in total. The number of carbonyl (C=O) groups excluding carboxylic acids is 1. The van der Waals surface area contributed by atoms with Gasteiger partial charge in [0.05, 0.1) is 0 Å². The maximum Gasteiger partial charge on any atom is 0.433 e. The predicted octanol–water partition coefficient (Wildman–Crippen LogP) is 4.85. The number of alkyl halides is 3. The van der Waals surface area contributed by atoms with Crippen LogP contribution in [0.5, 0.6) is 0 Å². The van der Waals surface area contributed by atoms with Crippen molar-refractivity contribution >= 4 is 17.3 Å². The molecule has 1 atom stereocenters. The van der Waals surface area contributed by atoms with Crippen LogP contribution in [-0.2, 0) is 11.0 Å². The summed E-state index contributed by atoms with van der Waals surface area (Å²) in [6.07, 6.45) is -1.17. The second-order valence-electron chi connectivity index (χ2n) is 7.94. The number of amides is 1. The van der Waals surface area contributed by atoms with E-state index in [1.807, 2.05) is 6.92 Å². The number of rotatable bonds is 5. The molecule has 1 aromatic heterocycles. The lowest BCUT2D eigenvalue weighted by atomic mass is 9.36. The monoisotopic (exact) mass is 393 g/mol. The number of anilines is 2. The number of benzene rings is 1. The molecule has 0 radical (unpaired) electrons. The largest absolute Gasteiger partial charge is 0.433 e. The molecule has 8 heteroatoms. The van der Waals surface area contributed by atoms with Crippen molar-refractivity contribution in [3.63, 3.8) is 0 Å². The van der Waals surface area contributed by atoms with Crippen molar-refractivity contribution in [1.29, 1.82) is 0 Å². The van der Waals surface area contributed by atoms with Crippen LogP contribution < -0.4 is 10.6 Å². The number of carbonyl (C=O) groups is 1. The number of pyridine rings is 1. The fraction of sp³-hybridized carbons (Fsp3) is 0.400. The maximum absolute atomic E-state index is 13.0. The summed E-state index contributed by atoms with van der Waals surface area (Å²) in [5.41, 5.74) is -0.398. The Hall–Kier alpha value is -2.64. The molecule has 0 saturated heterocycles. The maximum atomic E-state index is 13.0. The third kappa shape index (κ3) is 3.21. The molecule has 0 aliphatic heterocycles. The lowest BCUT2D eigenvalue weighted by Gasteiger charge is -2.72. The van der Waals surface area contributed by atoms with Crippen LogP contribution in [0.3, 0.4) is 0 Å². The number of nitrogens with zero attached hydrogens (tertiary/aromatic N) is 1. The van der Waals surface area contributed by atoms with Crippen molar-refractivity contribution in [3.8, 4) is 0 Å². The van der Waals surface area contributed by atoms with E-state index in [2.05, 4.69) is 15.6 Å². The second kappa shape index (κ2) is 6.18. The van der Waals surface area contributed by atoms with Crippen LogP contribution in [0.1, 0.15) is 31.9 Å². The third-order valence-electron chi connectivity index (χ3n) is 5.95. The molecule has 1 aromatic carbocycles. The van der Waals surface area contributed by atoms with E-state index >= 15 is 0 Å². The van der Waals surface area contributed by atoms with E-state index in [1.165, 1.54) is 30.3 Å². The van der Waals surface area contributed by atoms with Gasteiger partial charge in [-0.05, 0) is 61.1 Å². The van der Waals surface area contributed by atoms with Crippen LogP contribution in [0.25, 0.3) is 0 Å². The molecular weight excluding hydrogens is 374 g/mol. The molecule has 3 aliphatic carbocycles. The molecule has 1 heterocycles. The zero-order valence-corrected chi connectivity index (χ0v) is 15.1. The van der Waals surface area contributed by atoms with Crippen LogP contribution in [0.4, 0.5) is 28.9 Å². The first-order chi connectivity index (χ1) is 13.1. The first-order valence-electron chi connectivity index (χ1n) is 8.99. The quantitative estimate of drug-likeness (QED) is 0.714. The van der Waals surface area contributed by atoms with Crippen LogP contribution >= 0.6 is 0 Å². The Balaban J connectivity index is 1.36. The van der Waals surface area contributed by atoms with E-state index in [-0.39, 0.29) is 28.6 Å². The van der Waals surface area contributed by atoms with Gasteiger partial charge in [-0.15, -0.1) is 0 Å². The molecule has 2 bridgehead atoms. The number of nitrogens with one attached hydrogen (secondary N) is 2. The minimum Gasteiger partial charge on any atom is -0.379 e. The van der Waals surface area contributed by atoms with Gasteiger partial charge in [0.25, 0.3) is 0 Å². The van der Waals surface area contributed by atoms with Gasteiger partial charge in [0.15, 0.2) is 0 Å². The van der Waals surface area contributed by atoms with E-state index in [0.717, 1.165) is 31.5 Å². The molecular formula is C20H19F4N3O. The van der Waals surface area contributed by atoms with E-state index in [9.17, 15) is 22.4 Å². The molecule has 0 spiro atoms. The minimum atomic E-state index is -4.48.